The molecule has 0 atom stereocenters. The summed E-state index contributed by atoms with van der Waals surface area (Å²) in [6.07, 6.45) is 0. The fourth-order valence-electron chi connectivity index (χ4n) is 3.41. The number of rotatable bonds is 2. The van der Waals surface area contributed by atoms with E-state index >= 15 is 0 Å². The van der Waals surface area contributed by atoms with Crippen LogP contribution in [0.2, 0.25) is 0 Å². The number of hydrogen-bond donors (Lipinski definition) is 4. The van der Waals surface area contributed by atoms with Crippen LogP contribution in [0.5, 0.6) is 11.5 Å². The molecule has 0 unspecified atom stereocenters. The number of nitrogens with one attached hydrogen (secondary N) is 2. The van der Waals surface area contributed by atoms with Crippen LogP contribution in [-0.2, 0) is 19.5 Å². The number of thioether (sulfide) groups is 2. The molecule has 0 bridgehead atoms. The largest absolute Gasteiger partial charge is 2.00 e. The zero-order valence-corrected chi connectivity index (χ0v) is 22.3. The summed E-state index contributed by atoms with van der Waals surface area (Å²) in [5.41, 5.74) is 3.91. The summed E-state index contributed by atoms with van der Waals surface area (Å²) in [6, 6.07) is 31.0. The maximum absolute atomic E-state index is 9.78. The van der Waals surface area contributed by atoms with Gasteiger partial charge >= 0.3 is 19.5 Å². The van der Waals surface area contributed by atoms with Gasteiger partial charge in [0.2, 0.25) is 0 Å². The number of anilines is 2. The molecule has 2 aliphatic heterocycles. The standard InChI is InChI=1S/2C13H10NOS.Zn/c2*15-11-7-3-1-5-9(11)13-14-10-6-2-4-8-12(10)16-13;/h2*1-8,14-15H;/q2*-1;+2. The van der Waals surface area contributed by atoms with Gasteiger partial charge in [-0.15, -0.1) is 46.8 Å². The van der Waals surface area contributed by atoms with Crippen LogP contribution in [-0.4, -0.2) is 10.2 Å². The Kier molecular flexibility index (Phi) is 7.34. The van der Waals surface area contributed by atoms with E-state index in [0.717, 1.165) is 33.2 Å². The zero-order chi connectivity index (χ0) is 21.9. The third-order valence-corrected chi connectivity index (χ3v) is 7.20. The molecule has 0 radical (unpaired) electrons. The number of phenols is 2. The summed E-state index contributed by atoms with van der Waals surface area (Å²) in [4.78, 5) is 2.39. The smallest absolute Gasteiger partial charge is 0.565 e. The van der Waals surface area contributed by atoms with Gasteiger partial charge in [-0.25, -0.2) is 0 Å². The zero-order valence-electron chi connectivity index (χ0n) is 17.7. The normalized spacial score (nSPS) is 13.0. The van der Waals surface area contributed by atoms with E-state index in [-0.39, 0.29) is 19.5 Å². The third-order valence-electron chi connectivity index (χ3n) is 4.99. The van der Waals surface area contributed by atoms with Crippen molar-refractivity contribution >= 4 is 34.9 Å². The van der Waals surface area contributed by atoms with E-state index in [0.29, 0.717) is 11.5 Å². The number of aromatic hydroxyl groups is 2. The molecule has 4 aromatic carbocycles. The van der Waals surface area contributed by atoms with Crippen LogP contribution in [0.3, 0.4) is 0 Å². The SMILES string of the molecule is Oc1ccccc1[C-]1Nc2ccccc2S1.Oc1ccccc1[C-]1Nc2ccccc2S1.[Zn+2]. The Hall–Kier alpha value is -2.86. The Bertz CT molecular complexity index is 1110. The first kappa shape index (κ1) is 23.3. The van der Waals surface area contributed by atoms with Gasteiger partial charge in [-0.05, 0) is 35.0 Å². The van der Waals surface area contributed by atoms with Crippen molar-refractivity contribution in [2.45, 2.75) is 9.79 Å². The topological polar surface area (TPSA) is 64.5 Å². The molecule has 0 aliphatic carbocycles. The molecule has 160 valence electrons. The minimum absolute atomic E-state index is 0. The minimum Gasteiger partial charge on any atom is -0.565 e. The van der Waals surface area contributed by atoms with Gasteiger partial charge in [0.05, 0.1) is 0 Å². The van der Waals surface area contributed by atoms with Gasteiger partial charge in [-0.2, -0.15) is 12.1 Å². The summed E-state index contributed by atoms with van der Waals surface area (Å²) < 4.78 is 0. The first-order valence-corrected chi connectivity index (χ1v) is 11.7. The predicted molar refractivity (Wildman–Crippen MR) is 133 cm³/mol. The molecule has 4 aromatic rings. The van der Waals surface area contributed by atoms with Crippen molar-refractivity contribution in [2.75, 3.05) is 10.6 Å². The molecule has 0 amide bonds. The van der Waals surface area contributed by atoms with E-state index in [1.165, 1.54) is 9.79 Å². The number of phenolic OH excluding ortho intramolecular Hbond substituents is 2. The molecule has 0 saturated carbocycles. The molecule has 2 aliphatic rings. The number of benzene rings is 4. The second-order valence-corrected chi connectivity index (χ2v) is 9.24. The maximum atomic E-state index is 9.78. The molecule has 7 heteroatoms. The van der Waals surface area contributed by atoms with E-state index in [1.54, 1.807) is 35.7 Å². The number of fused-ring (bicyclic) bond motifs is 2. The first-order valence-electron chi connectivity index (χ1n) is 10.1. The van der Waals surface area contributed by atoms with E-state index in [9.17, 15) is 10.2 Å². The Labute approximate surface area is 214 Å². The number of para-hydroxylation sites is 4. The van der Waals surface area contributed by atoms with Gasteiger partial charge in [0.25, 0.3) is 0 Å². The Morgan fingerprint density at radius 3 is 1.27 bits per heavy atom. The van der Waals surface area contributed by atoms with E-state index in [2.05, 4.69) is 22.8 Å². The Morgan fingerprint density at radius 1 is 0.515 bits per heavy atom. The van der Waals surface area contributed by atoms with Crippen molar-refractivity contribution in [3.05, 3.63) is 119 Å². The Morgan fingerprint density at radius 2 is 0.879 bits per heavy atom. The summed E-state index contributed by atoms with van der Waals surface area (Å²) in [5.74, 6) is 0.621. The molecule has 33 heavy (non-hydrogen) atoms. The predicted octanol–water partition coefficient (Wildman–Crippen LogP) is 6.89. The van der Waals surface area contributed by atoms with Crippen molar-refractivity contribution in [1.29, 1.82) is 0 Å². The van der Waals surface area contributed by atoms with Gasteiger partial charge < -0.3 is 20.8 Å². The van der Waals surface area contributed by atoms with E-state index in [4.69, 9.17) is 0 Å². The monoisotopic (exact) mass is 520 g/mol. The minimum atomic E-state index is 0. The van der Waals surface area contributed by atoms with Crippen LogP contribution in [0.1, 0.15) is 11.1 Å². The second-order valence-electron chi connectivity index (χ2n) is 7.14. The van der Waals surface area contributed by atoms with Crippen molar-refractivity contribution in [3.8, 4) is 11.5 Å². The second kappa shape index (κ2) is 10.4. The van der Waals surface area contributed by atoms with Crippen molar-refractivity contribution in [3.63, 3.8) is 0 Å². The van der Waals surface area contributed by atoms with Crippen molar-refractivity contribution < 1.29 is 29.7 Å². The van der Waals surface area contributed by atoms with E-state index in [1.807, 2.05) is 72.8 Å². The van der Waals surface area contributed by atoms with Crippen LogP contribution in [0.15, 0.2) is 107 Å². The molecule has 0 saturated heterocycles. The quantitative estimate of drug-likeness (QED) is 0.170. The van der Waals surface area contributed by atoms with Gasteiger partial charge in [0, 0.05) is 32.7 Å². The van der Waals surface area contributed by atoms with Crippen LogP contribution < -0.4 is 10.6 Å². The van der Waals surface area contributed by atoms with Crippen LogP contribution >= 0.6 is 23.5 Å². The Balaban J connectivity index is 0.000000152. The van der Waals surface area contributed by atoms with Crippen LogP contribution in [0.4, 0.5) is 11.4 Å². The molecule has 2 heterocycles. The molecule has 6 rings (SSSR count). The third kappa shape index (κ3) is 5.06. The number of hydrogen-bond acceptors (Lipinski definition) is 6. The summed E-state index contributed by atoms with van der Waals surface area (Å²) in [5, 5.41) is 28.1. The molecule has 0 spiro atoms. The van der Waals surface area contributed by atoms with Crippen molar-refractivity contribution in [1.82, 2.24) is 0 Å². The fourth-order valence-corrected chi connectivity index (χ4v) is 5.49. The summed E-state index contributed by atoms with van der Waals surface area (Å²) >= 11 is 3.30. The van der Waals surface area contributed by atoms with E-state index < -0.39 is 0 Å². The van der Waals surface area contributed by atoms with Gasteiger partial charge in [-0.3, -0.25) is 0 Å². The summed E-state index contributed by atoms with van der Waals surface area (Å²) in [7, 11) is 0. The van der Waals surface area contributed by atoms with Gasteiger partial charge in [-0.1, -0.05) is 48.5 Å². The average molecular weight is 522 g/mol. The summed E-state index contributed by atoms with van der Waals surface area (Å²) in [6.45, 7) is 0. The van der Waals surface area contributed by atoms with Crippen LogP contribution in [0, 0.1) is 10.7 Å². The van der Waals surface area contributed by atoms with Crippen molar-refractivity contribution in [2.24, 2.45) is 0 Å². The fraction of sp³-hybridized carbons (Fsp3) is 0. The molecule has 4 nitrogen and oxygen atoms in total. The van der Waals surface area contributed by atoms with Gasteiger partial charge in [0.1, 0.15) is 0 Å². The average Bonchev–Trinajstić information content (AvgIpc) is 3.44. The first-order chi connectivity index (χ1) is 15.7. The molecule has 4 N–H and O–H groups in total. The molecular formula is C26H20N2O2S2Zn. The maximum Gasteiger partial charge on any atom is 2.00 e. The van der Waals surface area contributed by atoms with Crippen LogP contribution in [0.25, 0.3) is 0 Å². The molecular weight excluding hydrogens is 502 g/mol. The molecule has 0 fully saturated rings. The van der Waals surface area contributed by atoms with Gasteiger partial charge in [0.15, 0.2) is 0 Å². The molecule has 0 aromatic heterocycles.